The molecule has 8 nitrogen and oxygen atoms in total. The maximum Gasteiger partial charge on any atom is 0.335 e. The molecular formula is C23H22ClN3O5. The number of nitrogens with zero attached hydrogens (tertiary/aromatic N) is 2. The Kier molecular flexibility index (Phi) is 6.16. The predicted molar refractivity (Wildman–Crippen MR) is 121 cm³/mol. The van der Waals surface area contributed by atoms with Crippen molar-refractivity contribution in [3.05, 3.63) is 58.1 Å². The Morgan fingerprint density at radius 2 is 1.78 bits per heavy atom. The molecule has 2 aliphatic heterocycles. The lowest BCUT2D eigenvalue weighted by Crippen LogP contribution is -2.54. The highest BCUT2D eigenvalue weighted by atomic mass is 35.5. The van der Waals surface area contributed by atoms with Gasteiger partial charge in [-0.2, -0.15) is 0 Å². The molecule has 0 radical (unpaired) electrons. The Hall–Kier alpha value is -3.36. The summed E-state index contributed by atoms with van der Waals surface area (Å²) in [4.78, 5) is 41.1. The summed E-state index contributed by atoms with van der Waals surface area (Å²) in [5, 5.41) is 2.62. The van der Waals surface area contributed by atoms with Crippen LogP contribution in [0.15, 0.2) is 42.0 Å². The lowest BCUT2D eigenvalue weighted by molar-refractivity contribution is -0.122. The molecule has 2 heterocycles. The zero-order valence-corrected chi connectivity index (χ0v) is 18.4. The number of methoxy groups -OCH3 is 1. The topological polar surface area (TPSA) is 88.2 Å². The van der Waals surface area contributed by atoms with Gasteiger partial charge in [0.15, 0.2) is 0 Å². The Morgan fingerprint density at radius 1 is 1.06 bits per heavy atom. The van der Waals surface area contributed by atoms with Gasteiger partial charge in [0.2, 0.25) is 0 Å². The molecular weight excluding hydrogens is 434 g/mol. The summed E-state index contributed by atoms with van der Waals surface area (Å²) in [5.74, 6) is -1.00. The van der Waals surface area contributed by atoms with Crippen molar-refractivity contribution in [1.29, 1.82) is 0 Å². The molecule has 0 saturated carbocycles. The first-order chi connectivity index (χ1) is 15.4. The van der Waals surface area contributed by atoms with Gasteiger partial charge in [0.25, 0.3) is 11.8 Å². The van der Waals surface area contributed by atoms with Gasteiger partial charge in [0, 0.05) is 35.4 Å². The van der Waals surface area contributed by atoms with E-state index in [9.17, 15) is 14.4 Å². The summed E-state index contributed by atoms with van der Waals surface area (Å²) in [6, 6.07) is 9.52. The SMILES string of the molecule is COc1cc(N2CCOCC2)ccc1C=C1C(=O)NC(=O)N(c2ccc(C)c(Cl)c2)C1=O. The molecule has 0 bridgehead atoms. The molecule has 0 unspecified atom stereocenters. The first-order valence-electron chi connectivity index (χ1n) is 10.1. The van der Waals surface area contributed by atoms with Crippen LogP contribution in [0.3, 0.4) is 0 Å². The minimum absolute atomic E-state index is 0.182. The van der Waals surface area contributed by atoms with Crippen LogP contribution in [0.4, 0.5) is 16.2 Å². The number of ether oxygens (including phenoxy) is 2. The van der Waals surface area contributed by atoms with E-state index in [2.05, 4.69) is 10.2 Å². The molecule has 1 N–H and O–H groups in total. The quantitative estimate of drug-likeness (QED) is 0.562. The normalized spacial score (nSPS) is 18.2. The van der Waals surface area contributed by atoms with Crippen molar-refractivity contribution in [3.63, 3.8) is 0 Å². The van der Waals surface area contributed by atoms with Crippen LogP contribution in [0.25, 0.3) is 6.08 Å². The van der Waals surface area contributed by atoms with Gasteiger partial charge in [0.05, 0.1) is 26.0 Å². The van der Waals surface area contributed by atoms with E-state index in [-0.39, 0.29) is 11.3 Å². The summed E-state index contributed by atoms with van der Waals surface area (Å²) in [7, 11) is 1.52. The van der Waals surface area contributed by atoms with Crippen LogP contribution in [-0.4, -0.2) is 51.3 Å². The van der Waals surface area contributed by atoms with Crippen molar-refractivity contribution in [2.75, 3.05) is 43.2 Å². The number of barbiturate groups is 1. The average molecular weight is 456 g/mol. The predicted octanol–water partition coefficient (Wildman–Crippen LogP) is 3.16. The molecule has 0 aromatic heterocycles. The molecule has 166 valence electrons. The number of nitrogens with one attached hydrogen (secondary N) is 1. The van der Waals surface area contributed by atoms with E-state index in [4.69, 9.17) is 21.1 Å². The third-order valence-corrected chi connectivity index (χ3v) is 5.82. The van der Waals surface area contributed by atoms with E-state index in [0.29, 0.717) is 29.5 Å². The zero-order valence-electron chi connectivity index (χ0n) is 17.7. The fraction of sp³-hybridized carbons (Fsp3) is 0.261. The molecule has 0 aliphatic carbocycles. The van der Waals surface area contributed by atoms with Gasteiger partial charge in [-0.05, 0) is 42.8 Å². The Morgan fingerprint density at radius 3 is 2.47 bits per heavy atom. The van der Waals surface area contributed by atoms with Crippen molar-refractivity contribution >= 4 is 46.9 Å². The second kappa shape index (κ2) is 9.02. The minimum atomic E-state index is -0.827. The largest absolute Gasteiger partial charge is 0.496 e. The number of anilines is 2. The summed E-state index contributed by atoms with van der Waals surface area (Å²) in [6.45, 7) is 4.64. The van der Waals surface area contributed by atoms with Gasteiger partial charge in [-0.25, -0.2) is 9.69 Å². The summed E-state index contributed by atoms with van der Waals surface area (Å²) < 4.78 is 10.9. The number of hydrogen-bond donors (Lipinski definition) is 1. The molecule has 4 amide bonds. The Bertz CT molecular complexity index is 1120. The Balaban J connectivity index is 1.68. The monoisotopic (exact) mass is 455 g/mol. The maximum absolute atomic E-state index is 13.1. The van der Waals surface area contributed by atoms with E-state index < -0.39 is 17.8 Å². The fourth-order valence-electron chi connectivity index (χ4n) is 3.61. The number of urea groups is 1. The lowest BCUT2D eigenvalue weighted by Gasteiger charge is -2.29. The number of aryl methyl sites for hydroxylation is 1. The zero-order chi connectivity index (χ0) is 22.8. The van der Waals surface area contributed by atoms with Crippen molar-refractivity contribution in [1.82, 2.24) is 5.32 Å². The van der Waals surface area contributed by atoms with Gasteiger partial charge in [0.1, 0.15) is 11.3 Å². The van der Waals surface area contributed by atoms with Crippen LogP contribution in [0.2, 0.25) is 5.02 Å². The van der Waals surface area contributed by atoms with Crippen molar-refractivity contribution < 1.29 is 23.9 Å². The number of amides is 4. The molecule has 0 atom stereocenters. The van der Waals surface area contributed by atoms with E-state index in [1.54, 1.807) is 18.2 Å². The second-order valence-corrected chi connectivity index (χ2v) is 7.82. The number of carbonyl (C=O) groups excluding carboxylic acids is 3. The van der Waals surface area contributed by atoms with Crippen LogP contribution in [0, 0.1) is 6.92 Å². The van der Waals surface area contributed by atoms with Crippen LogP contribution in [-0.2, 0) is 14.3 Å². The third-order valence-electron chi connectivity index (χ3n) is 5.41. The number of halogens is 1. The molecule has 2 fully saturated rings. The molecule has 32 heavy (non-hydrogen) atoms. The lowest BCUT2D eigenvalue weighted by atomic mass is 10.0. The number of rotatable bonds is 4. The number of benzene rings is 2. The van der Waals surface area contributed by atoms with Gasteiger partial charge in [-0.1, -0.05) is 17.7 Å². The molecule has 0 spiro atoms. The molecule has 9 heteroatoms. The smallest absolute Gasteiger partial charge is 0.335 e. The highest BCUT2D eigenvalue weighted by molar-refractivity contribution is 6.39. The second-order valence-electron chi connectivity index (χ2n) is 7.42. The van der Waals surface area contributed by atoms with E-state index in [1.807, 2.05) is 19.1 Å². The van der Waals surface area contributed by atoms with Crippen molar-refractivity contribution in [3.8, 4) is 5.75 Å². The van der Waals surface area contributed by atoms with Gasteiger partial charge < -0.3 is 14.4 Å². The van der Waals surface area contributed by atoms with Gasteiger partial charge in [-0.3, -0.25) is 14.9 Å². The van der Waals surface area contributed by atoms with Crippen LogP contribution in [0.1, 0.15) is 11.1 Å². The van der Waals surface area contributed by atoms with Crippen LogP contribution < -0.4 is 19.9 Å². The average Bonchev–Trinajstić information content (AvgIpc) is 2.79. The van der Waals surface area contributed by atoms with E-state index >= 15 is 0 Å². The summed E-state index contributed by atoms with van der Waals surface area (Å²) in [5.41, 5.74) is 2.39. The van der Waals surface area contributed by atoms with Crippen LogP contribution >= 0.6 is 11.6 Å². The number of carbonyl (C=O) groups is 3. The molecule has 2 saturated heterocycles. The molecule has 2 aromatic rings. The molecule has 2 aliphatic rings. The standard InChI is InChI=1S/C23H22ClN3O5/c1-14-3-5-17(12-19(14)24)27-22(29)18(21(28)25-23(27)30)11-15-4-6-16(13-20(15)31-2)26-7-9-32-10-8-26/h3-6,11-13H,7-10H2,1-2H3,(H,25,28,30). The van der Waals surface area contributed by atoms with Crippen molar-refractivity contribution in [2.24, 2.45) is 0 Å². The van der Waals surface area contributed by atoms with Gasteiger partial charge in [-0.15, -0.1) is 0 Å². The summed E-state index contributed by atoms with van der Waals surface area (Å²) >= 11 is 6.16. The van der Waals surface area contributed by atoms with Gasteiger partial charge >= 0.3 is 6.03 Å². The Labute approximate surface area is 190 Å². The number of hydrogen-bond acceptors (Lipinski definition) is 6. The molecule has 2 aromatic carbocycles. The summed E-state index contributed by atoms with van der Waals surface area (Å²) in [6.07, 6.45) is 1.43. The highest BCUT2D eigenvalue weighted by Gasteiger charge is 2.37. The van der Waals surface area contributed by atoms with Crippen LogP contribution in [0.5, 0.6) is 5.75 Å². The number of imide groups is 2. The first kappa shape index (κ1) is 21.9. The van der Waals surface area contributed by atoms with E-state index in [1.165, 1.54) is 19.3 Å². The fourth-order valence-corrected chi connectivity index (χ4v) is 3.78. The van der Waals surface area contributed by atoms with Crippen molar-refractivity contribution in [2.45, 2.75) is 6.92 Å². The minimum Gasteiger partial charge on any atom is -0.496 e. The number of morpholine rings is 1. The first-order valence-corrected chi connectivity index (χ1v) is 10.4. The molecule has 4 rings (SSSR count). The third kappa shape index (κ3) is 4.19. The maximum atomic E-state index is 13.1. The highest BCUT2D eigenvalue weighted by Crippen LogP contribution is 2.30. The van der Waals surface area contributed by atoms with E-state index in [0.717, 1.165) is 29.2 Å².